The molecule has 0 bridgehead atoms. The monoisotopic (exact) mass is 240 g/mol. The van der Waals surface area contributed by atoms with Crippen LogP contribution in [0.2, 0.25) is 5.02 Å². The number of hydrogen-bond donors (Lipinski definition) is 1. The summed E-state index contributed by atoms with van der Waals surface area (Å²) < 4.78 is 5.06. The van der Waals surface area contributed by atoms with Crippen LogP contribution in [0.3, 0.4) is 0 Å². The molecule has 16 heavy (non-hydrogen) atoms. The average molecular weight is 241 g/mol. The Kier molecular flexibility index (Phi) is 2.92. The molecule has 0 radical (unpaired) electrons. The summed E-state index contributed by atoms with van der Waals surface area (Å²) in [6.45, 7) is 2.97. The molecule has 1 unspecified atom stereocenters. The third-order valence-corrected chi connectivity index (χ3v) is 2.93. The molecule has 1 fully saturated rings. The van der Waals surface area contributed by atoms with Gasteiger partial charge in [-0.25, -0.2) is 0 Å². The molecule has 0 amide bonds. The Morgan fingerprint density at radius 1 is 1.62 bits per heavy atom. The van der Waals surface area contributed by atoms with Crippen LogP contribution in [0.15, 0.2) is 23.4 Å². The van der Waals surface area contributed by atoms with Gasteiger partial charge in [0.05, 0.1) is 12.1 Å². The largest absolute Gasteiger partial charge is 0.495 e. The van der Waals surface area contributed by atoms with Crippen molar-refractivity contribution in [3.05, 3.63) is 28.8 Å². The van der Waals surface area contributed by atoms with Crippen molar-refractivity contribution < 1.29 is 9.94 Å². The summed E-state index contributed by atoms with van der Waals surface area (Å²) in [5.74, 6) is 1.17. The summed E-state index contributed by atoms with van der Waals surface area (Å²) in [4.78, 5) is 1.98. The molecular formula is C11H13ClN2O2. The van der Waals surface area contributed by atoms with Gasteiger partial charge >= 0.3 is 0 Å². The zero-order valence-corrected chi connectivity index (χ0v) is 9.90. The van der Waals surface area contributed by atoms with Gasteiger partial charge in [0.15, 0.2) is 5.84 Å². The molecule has 0 aromatic heterocycles. The quantitative estimate of drug-likeness (QED) is 0.283. The number of amidine groups is 1. The Morgan fingerprint density at radius 2 is 2.31 bits per heavy atom. The van der Waals surface area contributed by atoms with Crippen molar-refractivity contribution in [1.29, 1.82) is 0 Å². The molecule has 1 saturated heterocycles. The predicted molar refractivity (Wildman–Crippen MR) is 62.5 cm³/mol. The van der Waals surface area contributed by atoms with E-state index in [0.29, 0.717) is 22.6 Å². The van der Waals surface area contributed by atoms with E-state index in [0.717, 1.165) is 12.1 Å². The molecule has 1 aliphatic rings. The highest BCUT2D eigenvalue weighted by molar-refractivity contribution is 6.32. The van der Waals surface area contributed by atoms with E-state index in [1.807, 2.05) is 11.0 Å². The van der Waals surface area contributed by atoms with Crippen LogP contribution >= 0.6 is 11.6 Å². The van der Waals surface area contributed by atoms with Gasteiger partial charge in [0.25, 0.3) is 0 Å². The van der Waals surface area contributed by atoms with Crippen molar-refractivity contribution in [3.8, 4) is 5.75 Å². The molecule has 86 valence electrons. The molecule has 5 heteroatoms. The van der Waals surface area contributed by atoms with Crippen molar-refractivity contribution in [2.45, 2.75) is 13.0 Å². The second-order valence-corrected chi connectivity index (χ2v) is 4.18. The Balaban J connectivity index is 2.30. The number of rotatable bonds is 2. The van der Waals surface area contributed by atoms with Crippen LogP contribution < -0.4 is 4.74 Å². The number of hydrogen-bond acceptors (Lipinski definition) is 3. The van der Waals surface area contributed by atoms with Crippen LogP contribution in [-0.4, -0.2) is 35.6 Å². The van der Waals surface area contributed by atoms with Crippen LogP contribution in [-0.2, 0) is 0 Å². The van der Waals surface area contributed by atoms with E-state index < -0.39 is 0 Å². The molecule has 2 rings (SSSR count). The van der Waals surface area contributed by atoms with Gasteiger partial charge in [-0.05, 0) is 25.1 Å². The molecule has 0 saturated carbocycles. The standard InChI is InChI=1S/C11H13ClN2O2/c1-7-6-14(7)11(13-15)8-3-4-10(16-2)9(12)5-8/h3-5,7,15H,6H2,1-2H3. The molecule has 0 spiro atoms. The van der Waals surface area contributed by atoms with Crippen LogP contribution in [0.25, 0.3) is 0 Å². The first kappa shape index (κ1) is 11.1. The predicted octanol–water partition coefficient (Wildman–Crippen LogP) is 2.19. The van der Waals surface area contributed by atoms with Gasteiger partial charge in [0, 0.05) is 18.2 Å². The van der Waals surface area contributed by atoms with Gasteiger partial charge in [-0.15, -0.1) is 0 Å². The summed E-state index contributed by atoms with van der Waals surface area (Å²) >= 11 is 6.01. The van der Waals surface area contributed by atoms with E-state index >= 15 is 0 Å². The van der Waals surface area contributed by atoms with Gasteiger partial charge in [0.1, 0.15) is 5.75 Å². The first-order chi connectivity index (χ1) is 7.67. The Labute approximate surface area is 99.1 Å². The lowest BCUT2D eigenvalue weighted by Gasteiger charge is -2.09. The van der Waals surface area contributed by atoms with Gasteiger partial charge < -0.3 is 14.8 Å². The first-order valence-electron chi connectivity index (χ1n) is 5.00. The third kappa shape index (κ3) is 1.93. The normalized spacial score (nSPS) is 19.8. The summed E-state index contributed by atoms with van der Waals surface area (Å²) in [6, 6.07) is 5.74. The van der Waals surface area contributed by atoms with Gasteiger partial charge in [0.2, 0.25) is 0 Å². The average Bonchev–Trinajstić information content (AvgIpc) is 2.97. The third-order valence-electron chi connectivity index (χ3n) is 2.64. The highest BCUT2D eigenvalue weighted by Gasteiger charge is 2.33. The molecule has 4 nitrogen and oxygen atoms in total. The van der Waals surface area contributed by atoms with Crippen molar-refractivity contribution in [2.24, 2.45) is 5.16 Å². The fraction of sp³-hybridized carbons (Fsp3) is 0.364. The minimum atomic E-state index is 0.423. The van der Waals surface area contributed by atoms with Crippen LogP contribution in [0.1, 0.15) is 12.5 Å². The van der Waals surface area contributed by atoms with Gasteiger partial charge in [-0.3, -0.25) is 0 Å². The van der Waals surface area contributed by atoms with Crippen LogP contribution in [0.4, 0.5) is 0 Å². The smallest absolute Gasteiger partial charge is 0.175 e. The van der Waals surface area contributed by atoms with E-state index in [-0.39, 0.29) is 0 Å². The molecule has 1 aliphatic heterocycles. The fourth-order valence-electron chi connectivity index (χ4n) is 1.62. The SMILES string of the molecule is COc1ccc(C(=NO)N2CC2C)cc1Cl. The van der Waals surface area contributed by atoms with Crippen molar-refractivity contribution in [3.63, 3.8) is 0 Å². The maximum atomic E-state index is 9.00. The van der Waals surface area contributed by atoms with Crippen molar-refractivity contribution >= 4 is 17.4 Å². The summed E-state index contributed by atoms with van der Waals surface area (Å²) in [6.07, 6.45) is 0. The molecular weight excluding hydrogens is 228 g/mol. The molecule has 1 aromatic carbocycles. The summed E-state index contributed by atoms with van der Waals surface area (Å²) in [5, 5.41) is 12.8. The van der Waals surface area contributed by atoms with E-state index in [2.05, 4.69) is 12.1 Å². The lowest BCUT2D eigenvalue weighted by Crippen LogP contribution is -2.14. The first-order valence-corrected chi connectivity index (χ1v) is 5.37. The maximum absolute atomic E-state index is 9.00. The lowest BCUT2D eigenvalue weighted by molar-refractivity contribution is 0.313. The van der Waals surface area contributed by atoms with E-state index in [1.54, 1.807) is 19.2 Å². The topological polar surface area (TPSA) is 44.8 Å². The number of nitrogens with zero attached hydrogens (tertiary/aromatic N) is 2. The highest BCUT2D eigenvalue weighted by Crippen LogP contribution is 2.28. The van der Waals surface area contributed by atoms with Crippen LogP contribution in [0.5, 0.6) is 5.75 Å². The lowest BCUT2D eigenvalue weighted by atomic mass is 10.2. The Hall–Kier alpha value is -1.42. The van der Waals surface area contributed by atoms with Crippen LogP contribution in [0, 0.1) is 0 Å². The molecule has 1 heterocycles. The van der Waals surface area contributed by atoms with Crippen molar-refractivity contribution in [2.75, 3.05) is 13.7 Å². The maximum Gasteiger partial charge on any atom is 0.175 e. The molecule has 1 atom stereocenters. The number of halogens is 1. The molecule has 1 aromatic rings. The minimum absolute atomic E-state index is 0.423. The Morgan fingerprint density at radius 3 is 2.75 bits per heavy atom. The number of ether oxygens (including phenoxy) is 1. The highest BCUT2D eigenvalue weighted by atomic mass is 35.5. The zero-order valence-electron chi connectivity index (χ0n) is 9.14. The minimum Gasteiger partial charge on any atom is -0.495 e. The fourth-order valence-corrected chi connectivity index (χ4v) is 1.88. The number of methoxy groups -OCH3 is 1. The van der Waals surface area contributed by atoms with Crippen molar-refractivity contribution in [1.82, 2.24) is 4.90 Å². The number of benzene rings is 1. The van der Waals surface area contributed by atoms with Gasteiger partial charge in [-0.2, -0.15) is 0 Å². The van der Waals surface area contributed by atoms with Gasteiger partial charge in [-0.1, -0.05) is 16.8 Å². The molecule has 1 N–H and O–H groups in total. The number of oxime groups is 1. The zero-order chi connectivity index (χ0) is 11.7. The second-order valence-electron chi connectivity index (χ2n) is 3.77. The van der Waals surface area contributed by atoms with E-state index in [1.165, 1.54) is 0 Å². The van der Waals surface area contributed by atoms with E-state index in [9.17, 15) is 0 Å². The molecule has 0 aliphatic carbocycles. The second kappa shape index (κ2) is 4.22. The van der Waals surface area contributed by atoms with E-state index in [4.69, 9.17) is 21.5 Å². The Bertz CT molecular complexity index is 434. The summed E-state index contributed by atoms with van der Waals surface area (Å²) in [5.41, 5.74) is 0.789. The summed E-state index contributed by atoms with van der Waals surface area (Å²) in [7, 11) is 1.56.